The van der Waals surface area contributed by atoms with Crippen molar-refractivity contribution in [3.05, 3.63) is 54.6 Å². The number of ether oxygens (including phenoxy) is 1. The molecule has 0 aliphatic heterocycles. The van der Waals surface area contributed by atoms with E-state index in [4.69, 9.17) is 4.74 Å². The molecule has 3 aromatic heterocycles. The van der Waals surface area contributed by atoms with Gasteiger partial charge in [-0.2, -0.15) is 10.2 Å². The van der Waals surface area contributed by atoms with Crippen molar-refractivity contribution < 1.29 is 22.7 Å². The number of aliphatic hydroxyl groups excluding tert-OH is 1. The van der Waals surface area contributed by atoms with Crippen molar-refractivity contribution in [1.82, 2.24) is 24.5 Å². The molecular formula is C21H21FN6O4S. The molecule has 3 heterocycles. The van der Waals surface area contributed by atoms with Crippen LogP contribution in [-0.4, -0.2) is 51.3 Å². The molecule has 0 saturated heterocycles. The Hall–Kier alpha value is -3.51. The van der Waals surface area contributed by atoms with Gasteiger partial charge in [-0.25, -0.2) is 22.5 Å². The van der Waals surface area contributed by atoms with Crippen LogP contribution in [-0.2, 0) is 22.7 Å². The smallest absolute Gasteiger partial charge is 0.265 e. The van der Waals surface area contributed by atoms with E-state index < -0.39 is 21.8 Å². The van der Waals surface area contributed by atoms with E-state index in [1.54, 1.807) is 36.1 Å². The van der Waals surface area contributed by atoms with Crippen molar-refractivity contribution in [3.8, 4) is 11.6 Å². The van der Waals surface area contributed by atoms with Crippen molar-refractivity contribution in [2.45, 2.75) is 29.5 Å². The molecule has 1 aliphatic carbocycles. The SMILES string of the molecule is COc1ccc2cnn(C)c2c1NS(=O)(=O)c1cnn(-c2cc(C3(F)CC(O)C3)ccn2)c1. The van der Waals surface area contributed by atoms with Gasteiger partial charge >= 0.3 is 0 Å². The van der Waals surface area contributed by atoms with Gasteiger partial charge in [0.1, 0.15) is 22.0 Å². The zero-order valence-corrected chi connectivity index (χ0v) is 18.6. The van der Waals surface area contributed by atoms with Crippen LogP contribution in [0.15, 0.2) is 53.9 Å². The highest BCUT2D eigenvalue weighted by molar-refractivity contribution is 7.92. The number of nitrogens with zero attached hydrogens (tertiary/aromatic N) is 5. The van der Waals surface area contributed by atoms with Gasteiger partial charge in [0.2, 0.25) is 0 Å². The summed E-state index contributed by atoms with van der Waals surface area (Å²) in [5.74, 6) is 0.603. The number of hydrogen-bond acceptors (Lipinski definition) is 7. The predicted molar refractivity (Wildman–Crippen MR) is 117 cm³/mol. The number of alkyl halides is 1. The van der Waals surface area contributed by atoms with E-state index in [0.717, 1.165) is 5.39 Å². The lowest BCUT2D eigenvalue weighted by atomic mass is 9.75. The van der Waals surface area contributed by atoms with Crippen LogP contribution in [0.25, 0.3) is 16.7 Å². The molecule has 33 heavy (non-hydrogen) atoms. The second-order valence-electron chi connectivity index (χ2n) is 8.01. The summed E-state index contributed by atoms with van der Waals surface area (Å²) in [7, 11) is -0.895. The maximum absolute atomic E-state index is 14.9. The molecule has 2 N–H and O–H groups in total. The Bertz CT molecular complexity index is 1460. The minimum atomic E-state index is -4.05. The first-order chi connectivity index (χ1) is 15.7. The molecule has 4 aromatic rings. The first kappa shape index (κ1) is 21.3. The lowest BCUT2D eigenvalue weighted by Crippen LogP contribution is -2.40. The summed E-state index contributed by atoms with van der Waals surface area (Å²) >= 11 is 0. The Morgan fingerprint density at radius 2 is 2.03 bits per heavy atom. The van der Waals surface area contributed by atoms with Gasteiger partial charge in [-0.15, -0.1) is 0 Å². The second kappa shape index (κ2) is 7.52. The van der Waals surface area contributed by atoms with Crippen molar-refractivity contribution in [2.75, 3.05) is 11.8 Å². The van der Waals surface area contributed by atoms with Crippen LogP contribution in [0.5, 0.6) is 5.75 Å². The van der Waals surface area contributed by atoms with Crippen LogP contribution < -0.4 is 9.46 Å². The number of rotatable bonds is 6. The molecular weight excluding hydrogens is 451 g/mol. The third kappa shape index (κ3) is 3.60. The van der Waals surface area contributed by atoms with E-state index in [9.17, 15) is 17.9 Å². The number of hydrogen-bond donors (Lipinski definition) is 2. The van der Waals surface area contributed by atoms with Gasteiger partial charge < -0.3 is 9.84 Å². The molecule has 10 nitrogen and oxygen atoms in total. The Labute approximate surface area is 188 Å². The van der Waals surface area contributed by atoms with Crippen LogP contribution in [0.2, 0.25) is 0 Å². The van der Waals surface area contributed by atoms with E-state index in [1.807, 2.05) is 0 Å². The third-order valence-corrected chi connectivity index (χ3v) is 7.11. The van der Waals surface area contributed by atoms with Crippen molar-refractivity contribution >= 4 is 26.6 Å². The fourth-order valence-electron chi connectivity index (χ4n) is 4.03. The summed E-state index contributed by atoms with van der Waals surface area (Å²) < 4.78 is 51.9. The van der Waals surface area contributed by atoms with Crippen LogP contribution in [0.4, 0.5) is 10.1 Å². The molecule has 1 saturated carbocycles. The molecule has 0 atom stereocenters. The summed E-state index contributed by atoms with van der Waals surface area (Å²) in [6.07, 6.45) is 4.90. The summed E-state index contributed by atoms with van der Waals surface area (Å²) in [6, 6.07) is 6.49. The van der Waals surface area contributed by atoms with Gasteiger partial charge in [0.25, 0.3) is 10.0 Å². The highest BCUT2D eigenvalue weighted by atomic mass is 32.2. The third-order valence-electron chi connectivity index (χ3n) is 5.81. The number of fused-ring (bicyclic) bond motifs is 1. The molecule has 0 unspecified atom stereocenters. The molecule has 1 aromatic carbocycles. The Morgan fingerprint density at radius 3 is 2.76 bits per heavy atom. The van der Waals surface area contributed by atoms with Crippen LogP contribution in [0.3, 0.4) is 0 Å². The normalized spacial score (nSPS) is 20.5. The molecule has 12 heteroatoms. The van der Waals surface area contributed by atoms with E-state index in [1.165, 1.54) is 36.4 Å². The van der Waals surface area contributed by atoms with E-state index >= 15 is 0 Å². The van der Waals surface area contributed by atoms with Crippen LogP contribution in [0.1, 0.15) is 18.4 Å². The maximum Gasteiger partial charge on any atom is 0.265 e. The topological polar surface area (TPSA) is 124 Å². The largest absolute Gasteiger partial charge is 0.494 e. The van der Waals surface area contributed by atoms with Gasteiger partial charge in [-0.05, 0) is 29.8 Å². The number of halogens is 1. The van der Waals surface area contributed by atoms with Crippen molar-refractivity contribution in [1.29, 1.82) is 0 Å². The number of benzene rings is 1. The molecule has 1 aliphatic rings. The minimum Gasteiger partial charge on any atom is -0.494 e. The lowest BCUT2D eigenvalue weighted by Gasteiger charge is -2.38. The molecule has 172 valence electrons. The Balaban J connectivity index is 1.48. The van der Waals surface area contributed by atoms with Crippen LogP contribution in [0, 0.1) is 0 Å². The molecule has 0 radical (unpaired) electrons. The Kier molecular flexibility index (Phi) is 4.87. The van der Waals surface area contributed by atoms with E-state index in [-0.39, 0.29) is 29.2 Å². The van der Waals surface area contributed by atoms with Crippen LogP contribution >= 0.6 is 0 Å². The zero-order chi connectivity index (χ0) is 23.4. The number of aliphatic hydroxyl groups is 1. The number of sulfonamides is 1. The van der Waals surface area contributed by atoms with Gasteiger partial charge in [0.15, 0.2) is 5.82 Å². The number of nitrogens with one attached hydrogen (secondary N) is 1. The number of pyridine rings is 1. The fourth-order valence-corrected chi connectivity index (χ4v) is 5.03. The van der Waals surface area contributed by atoms with Crippen molar-refractivity contribution in [2.24, 2.45) is 7.05 Å². The van der Waals surface area contributed by atoms with Gasteiger partial charge in [0.05, 0.1) is 37.3 Å². The monoisotopic (exact) mass is 472 g/mol. The summed E-state index contributed by atoms with van der Waals surface area (Å²) in [5, 5.41) is 18.5. The molecule has 0 spiro atoms. The van der Waals surface area contributed by atoms with Gasteiger partial charge in [0, 0.05) is 31.5 Å². The average molecular weight is 473 g/mol. The van der Waals surface area contributed by atoms with E-state index in [0.29, 0.717) is 16.8 Å². The molecule has 0 bridgehead atoms. The number of aryl methyl sites for hydroxylation is 1. The highest BCUT2D eigenvalue weighted by Gasteiger charge is 2.45. The first-order valence-corrected chi connectivity index (χ1v) is 11.6. The van der Waals surface area contributed by atoms with Gasteiger partial charge in [-0.3, -0.25) is 9.40 Å². The quantitative estimate of drug-likeness (QED) is 0.441. The maximum atomic E-state index is 14.9. The highest BCUT2D eigenvalue weighted by Crippen LogP contribution is 2.45. The lowest BCUT2D eigenvalue weighted by molar-refractivity contribution is -0.0606. The fraction of sp³-hybridized carbons (Fsp3) is 0.286. The number of aromatic nitrogens is 5. The average Bonchev–Trinajstić information content (AvgIpc) is 3.41. The second-order valence-corrected chi connectivity index (χ2v) is 9.69. The molecule has 5 rings (SSSR count). The first-order valence-electron chi connectivity index (χ1n) is 10.1. The minimum absolute atomic E-state index is 0.0144. The summed E-state index contributed by atoms with van der Waals surface area (Å²) in [5.41, 5.74) is -0.441. The number of methoxy groups -OCH3 is 1. The molecule has 0 amide bonds. The van der Waals surface area contributed by atoms with E-state index in [2.05, 4.69) is 19.9 Å². The number of anilines is 1. The van der Waals surface area contributed by atoms with Crippen molar-refractivity contribution in [3.63, 3.8) is 0 Å². The zero-order valence-electron chi connectivity index (χ0n) is 17.8. The van der Waals surface area contributed by atoms with Gasteiger partial charge in [-0.1, -0.05) is 0 Å². The Morgan fingerprint density at radius 1 is 1.24 bits per heavy atom. The summed E-state index contributed by atoms with van der Waals surface area (Å²) in [6.45, 7) is 0. The molecule has 1 fully saturated rings. The predicted octanol–water partition coefficient (Wildman–Crippen LogP) is 2.28. The summed E-state index contributed by atoms with van der Waals surface area (Å²) in [4.78, 5) is 4.07. The standard InChI is InChI=1S/C21H21FN6O4S/c1-27-20-13(10-24-27)3-4-17(32-2)19(20)26-33(30,31)16-11-25-28(12-16)18-7-14(5-6-23-18)21(22)8-15(29)9-21/h3-7,10-12,15,26,29H,8-9H2,1-2H3.